The van der Waals surface area contributed by atoms with E-state index < -0.39 is 10.0 Å². The van der Waals surface area contributed by atoms with Crippen LogP contribution in [-0.4, -0.2) is 59.7 Å². The molecule has 160 valence electrons. The van der Waals surface area contributed by atoms with Crippen LogP contribution < -0.4 is 4.72 Å². The molecule has 1 aliphatic heterocycles. The van der Waals surface area contributed by atoms with Crippen molar-refractivity contribution in [1.29, 1.82) is 0 Å². The van der Waals surface area contributed by atoms with Gasteiger partial charge in [0.15, 0.2) is 5.15 Å². The lowest BCUT2D eigenvalue weighted by Crippen LogP contribution is -2.52. The molecule has 3 rings (SSSR count). The van der Waals surface area contributed by atoms with Gasteiger partial charge in [-0.3, -0.25) is 9.69 Å². The molecule has 8 nitrogen and oxygen atoms in total. The zero-order valence-electron chi connectivity index (χ0n) is 16.5. The van der Waals surface area contributed by atoms with Crippen LogP contribution in [0.1, 0.15) is 51.0 Å². The number of nitrogens with one attached hydrogen (secondary N) is 2. The van der Waals surface area contributed by atoms with Gasteiger partial charge in [-0.2, -0.15) is 0 Å². The average Bonchev–Trinajstić information content (AvgIpc) is 3.09. The number of hydrogen-bond donors (Lipinski definition) is 3. The molecule has 1 saturated carbocycles. The summed E-state index contributed by atoms with van der Waals surface area (Å²) < 4.78 is 26.8. The third-order valence-electron chi connectivity index (χ3n) is 5.53. The smallest absolute Gasteiger partial charge is 0.290 e. The molecule has 1 aromatic heterocycles. The normalized spacial score (nSPS) is 24.6. The summed E-state index contributed by atoms with van der Waals surface area (Å²) in [6.45, 7) is 6.19. The predicted octanol–water partition coefficient (Wildman–Crippen LogP) is 2.26. The van der Waals surface area contributed by atoms with E-state index in [1.54, 1.807) is 6.92 Å². The molecule has 1 aromatic rings. The zero-order valence-corrected chi connectivity index (χ0v) is 18.1. The number of unbranched alkanes of at least 4 members (excludes halogenated alkanes) is 1. The van der Waals surface area contributed by atoms with Gasteiger partial charge in [0.1, 0.15) is 5.82 Å². The van der Waals surface area contributed by atoms with Crippen molar-refractivity contribution in [2.45, 2.75) is 58.5 Å². The fourth-order valence-corrected chi connectivity index (χ4v) is 5.34. The number of fused-ring (bicyclic) bond motifs is 2. The first-order valence-corrected chi connectivity index (χ1v) is 11.9. The monoisotopic (exact) mass is 434 g/mol. The number of imidazole rings is 1. The van der Waals surface area contributed by atoms with Gasteiger partial charge in [-0.1, -0.05) is 24.9 Å². The minimum atomic E-state index is -3.14. The number of H-pyrrole nitrogens is 1. The van der Waals surface area contributed by atoms with Crippen LogP contribution in [0.2, 0.25) is 5.15 Å². The molecule has 2 bridgehead atoms. The maximum absolute atomic E-state index is 11.9. The largest absolute Gasteiger partial charge is 0.483 e. The Morgan fingerprint density at radius 3 is 2.46 bits per heavy atom. The van der Waals surface area contributed by atoms with Crippen molar-refractivity contribution >= 4 is 28.1 Å². The summed E-state index contributed by atoms with van der Waals surface area (Å²) >= 11 is 6.31. The second-order valence-corrected chi connectivity index (χ2v) is 9.90. The Kier molecular flexibility index (Phi) is 8.73. The first kappa shape index (κ1) is 23.1. The van der Waals surface area contributed by atoms with Gasteiger partial charge in [-0.25, -0.2) is 18.1 Å². The van der Waals surface area contributed by atoms with Crippen molar-refractivity contribution in [2.75, 3.05) is 18.8 Å². The lowest BCUT2D eigenvalue weighted by atomic mass is 9.93. The molecule has 0 spiro atoms. The lowest BCUT2D eigenvalue weighted by molar-refractivity contribution is -0.122. The average molecular weight is 435 g/mol. The molecule has 0 amide bonds. The summed E-state index contributed by atoms with van der Waals surface area (Å²) in [5.74, 6) is 1.90. The molecule has 28 heavy (non-hydrogen) atoms. The van der Waals surface area contributed by atoms with Crippen molar-refractivity contribution in [3.63, 3.8) is 0 Å². The highest BCUT2D eigenvalue weighted by molar-refractivity contribution is 7.89. The summed E-state index contributed by atoms with van der Waals surface area (Å²) in [7, 11) is -3.14. The molecular formula is C18H31ClN4O4S. The van der Waals surface area contributed by atoms with Crippen LogP contribution in [0.4, 0.5) is 0 Å². The van der Waals surface area contributed by atoms with E-state index in [0.29, 0.717) is 17.0 Å². The molecule has 1 saturated heterocycles. The van der Waals surface area contributed by atoms with Crippen LogP contribution in [0.3, 0.4) is 0 Å². The number of aryl methyl sites for hydroxylation is 1. The second-order valence-electron chi connectivity index (χ2n) is 7.50. The molecule has 3 N–H and O–H groups in total. The number of sulfonamides is 1. The number of carbonyl (C=O) groups is 1. The van der Waals surface area contributed by atoms with Crippen molar-refractivity contribution in [3.8, 4) is 0 Å². The molecule has 10 heteroatoms. The van der Waals surface area contributed by atoms with Crippen LogP contribution in [0.15, 0.2) is 0 Å². The number of aromatic amines is 1. The minimum absolute atomic E-state index is 0.0959. The summed E-state index contributed by atoms with van der Waals surface area (Å²) in [6, 6.07) is 0.0959. The lowest BCUT2D eigenvalue weighted by Gasteiger charge is -2.38. The Bertz CT molecular complexity index is 726. The number of likely N-dealkylation sites (tertiary alicyclic amines) is 1. The number of aromatic nitrogens is 2. The van der Waals surface area contributed by atoms with Gasteiger partial charge in [-0.05, 0) is 38.0 Å². The van der Waals surface area contributed by atoms with Gasteiger partial charge in [0.2, 0.25) is 10.0 Å². The van der Waals surface area contributed by atoms with E-state index in [1.165, 1.54) is 0 Å². The molecule has 0 aromatic carbocycles. The van der Waals surface area contributed by atoms with Crippen molar-refractivity contribution in [3.05, 3.63) is 16.7 Å². The Balaban J connectivity index is 0.000000878. The fraction of sp³-hybridized carbons (Fsp3) is 0.778. The third-order valence-corrected chi connectivity index (χ3v) is 7.24. The van der Waals surface area contributed by atoms with Crippen LogP contribution >= 0.6 is 11.6 Å². The van der Waals surface area contributed by atoms with Crippen LogP contribution in [0.25, 0.3) is 0 Å². The molecule has 2 heterocycles. The first-order valence-electron chi connectivity index (χ1n) is 9.86. The van der Waals surface area contributed by atoms with Crippen LogP contribution in [0.5, 0.6) is 0 Å². The van der Waals surface area contributed by atoms with Gasteiger partial charge in [0, 0.05) is 32.1 Å². The maximum Gasteiger partial charge on any atom is 0.290 e. The Labute approximate surface area is 172 Å². The highest BCUT2D eigenvalue weighted by Gasteiger charge is 2.43. The quantitative estimate of drug-likeness (QED) is 0.540. The standard InChI is InChI=1S/C17H29ClN4O2S.CH2O2/c1-3-5-6-15-19-14(17(18)20-15)11-22-9-12-7-8-13(10-22)16(12)21-25(23,24)4-2;2-1-3/h12-13,16,21H,3-11H2,1-2H3,(H,19,20);1H,(H,2,3)/t12-,13+,16?;. The van der Waals surface area contributed by atoms with Crippen molar-refractivity contribution in [2.24, 2.45) is 11.8 Å². The molecule has 1 unspecified atom stereocenters. The summed E-state index contributed by atoms with van der Waals surface area (Å²) in [4.78, 5) is 18.6. The van der Waals surface area contributed by atoms with E-state index in [9.17, 15) is 8.42 Å². The van der Waals surface area contributed by atoms with Crippen molar-refractivity contribution < 1.29 is 18.3 Å². The van der Waals surface area contributed by atoms with E-state index in [4.69, 9.17) is 21.5 Å². The van der Waals surface area contributed by atoms with Gasteiger partial charge in [0.25, 0.3) is 6.47 Å². The van der Waals surface area contributed by atoms with Gasteiger partial charge in [-0.15, -0.1) is 0 Å². The molecule has 1 aliphatic carbocycles. The molecule has 0 radical (unpaired) electrons. The maximum atomic E-state index is 11.9. The number of carboxylic acid groups (broad SMARTS) is 1. The summed E-state index contributed by atoms with van der Waals surface area (Å²) in [6.07, 6.45) is 5.37. The number of nitrogens with zero attached hydrogens (tertiary/aromatic N) is 2. The van der Waals surface area contributed by atoms with Gasteiger partial charge in [0.05, 0.1) is 11.4 Å². The number of halogens is 1. The van der Waals surface area contributed by atoms with E-state index >= 15 is 0 Å². The zero-order chi connectivity index (χ0) is 20.7. The Morgan fingerprint density at radius 2 is 1.93 bits per heavy atom. The fourth-order valence-electron chi connectivity index (χ4n) is 4.16. The Hall–Kier alpha value is -1.16. The molecule has 2 fully saturated rings. The summed E-state index contributed by atoms with van der Waals surface area (Å²) in [5, 5.41) is 7.47. The van der Waals surface area contributed by atoms with Crippen LogP contribution in [-0.2, 0) is 27.8 Å². The van der Waals surface area contributed by atoms with Gasteiger partial charge < -0.3 is 10.1 Å². The Morgan fingerprint density at radius 1 is 1.32 bits per heavy atom. The number of hydrogen-bond acceptors (Lipinski definition) is 5. The van der Waals surface area contributed by atoms with E-state index in [2.05, 4.69) is 26.5 Å². The second kappa shape index (κ2) is 10.6. The van der Waals surface area contributed by atoms with E-state index in [-0.39, 0.29) is 18.3 Å². The molecule has 3 atom stereocenters. The first-order chi connectivity index (χ1) is 13.3. The topological polar surface area (TPSA) is 115 Å². The van der Waals surface area contributed by atoms with E-state index in [1.807, 2.05) is 0 Å². The van der Waals surface area contributed by atoms with Crippen LogP contribution in [0, 0.1) is 11.8 Å². The SMILES string of the molecule is CCCCc1nc(Cl)c(CN2C[C@H]3CC[C@@H](C2)C3NS(=O)(=O)CC)[nH]1.O=CO. The van der Waals surface area contributed by atoms with E-state index in [0.717, 1.165) is 63.3 Å². The number of rotatable bonds is 8. The third kappa shape index (κ3) is 6.17. The number of piperidine rings is 1. The van der Waals surface area contributed by atoms with Gasteiger partial charge >= 0.3 is 0 Å². The summed E-state index contributed by atoms with van der Waals surface area (Å²) in [5.41, 5.74) is 0.986. The van der Waals surface area contributed by atoms with Crippen molar-refractivity contribution in [1.82, 2.24) is 19.6 Å². The molecular weight excluding hydrogens is 404 g/mol. The highest BCUT2D eigenvalue weighted by Crippen LogP contribution is 2.38. The minimum Gasteiger partial charge on any atom is -0.483 e. The highest BCUT2D eigenvalue weighted by atomic mass is 35.5. The predicted molar refractivity (Wildman–Crippen MR) is 109 cm³/mol. The molecule has 2 aliphatic rings.